The van der Waals surface area contributed by atoms with E-state index in [2.05, 4.69) is 10.6 Å². The number of carbonyl (C=O) groups is 3. The molecule has 0 saturated carbocycles. The van der Waals surface area contributed by atoms with E-state index in [1.54, 1.807) is 30.3 Å². The number of amides is 2. The molecule has 3 aromatic rings. The fraction of sp³-hybridized carbons (Fsp3) is 0.0870. The first-order chi connectivity index (χ1) is 15.2. The summed E-state index contributed by atoms with van der Waals surface area (Å²) in [6.45, 7) is 1.35. The third kappa shape index (κ3) is 5.51. The molecule has 3 rings (SSSR count). The van der Waals surface area contributed by atoms with Crippen LogP contribution in [0.1, 0.15) is 33.2 Å². The van der Waals surface area contributed by atoms with Gasteiger partial charge in [0.2, 0.25) is 0 Å². The quantitative estimate of drug-likeness (QED) is 0.340. The van der Waals surface area contributed by atoms with E-state index in [0.29, 0.717) is 11.6 Å². The first kappa shape index (κ1) is 22.5. The van der Waals surface area contributed by atoms with E-state index in [1.165, 1.54) is 25.1 Å². The maximum Gasteiger partial charge on any atom is 0.308 e. The second-order valence-electron chi connectivity index (χ2n) is 6.68. The number of hydrogen-bond acceptors (Lipinski definition) is 4. The second kappa shape index (κ2) is 9.78. The lowest BCUT2D eigenvalue weighted by atomic mass is 10.1. The van der Waals surface area contributed by atoms with Gasteiger partial charge in [-0.15, -0.1) is 0 Å². The van der Waals surface area contributed by atoms with E-state index >= 15 is 0 Å². The van der Waals surface area contributed by atoms with Crippen molar-refractivity contribution in [1.29, 1.82) is 0 Å². The summed E-state index contributed by atoms with van der Waals surface area (Å²) in [7, 11) is 0. The molecule has 9 heteroatoms. The van der Waals surface area contributed by atoms with Crippen LogP contribution in [0.15, 0.2) is 60.7 Å². The van der Waals surface area contributed by atoms with Crippen molar-refractivity contribution in [1.82, 2.24) is 5.32 Å². The Bertz CT molecular complexity index is 1200. The monoisotopic (exact) mass is 442 g/mol. The normalized spacial score (nSPS) is 10.4. The Kier molecular flexibility index (Phi) is 6.89. The summed E-state index contributed by atoms with van der Waals surface area (Å²) in [4.78, 5) is 35.6. The van der Waals surface area contributed by atoms with Crippen LogP contribution >= 0.6 is 0 Å². The molecule has 2 amide bonds. The van der Waals surface area contributed by atoms with Gasteiger partial charge in [-0.3, -0.25) is 14.4 Å². The predicted octanol–water partition coefficient (Wildman–Crippen LogP) is 4.21. The molecule has 0 aliphatic heterocycles. The second-order valence-corrected chi connectivity index (χ2v) is 6.68. The zero-order valence-electron chi connectivity index (χ0n) is 16.7. The highest BCUT2D eigenvalue weighted by molar-refractivity contribution is 6.04. The first-order valence-electron chi connectivity index (χ1n) is 9.35. The number of benzene rings is 3. The van der Waals surface area contributed by atoms with Gasteiger partial charge in [0.1, 0.15) is 5.75 Å². The maximum absolute atomic E-state index is 13.8. The van der Waals surface area contributed by atoms with Crippen molar-refractivity contribution in [2.45, 2.75) is 13.5 Å². The molecule has 0 aliphatic carbocycles. The van der Waals surface area contributed by atoms with Gasteiger partial charge < -0.3 is 15.4 Å². The largest absolute Gasteiger partial charge is 0.427 e. The van der Waals surface area contributed by atoms with E-state index in [-0.39, 0.29) is 23.5 Å². The first-order valence-corrected chi connectivity index (χ1v) is 9.35. The lowest BCUT2D eigenvalue weighted by Crippen LogP contribution is -2.23. The highest BCUT2D eigenvalue weighted by atomic mass is 19.2. The minimum absolute atomic E-state index is 0.0971. The summed E-state index contributed by atoms with van der Waals surface area (Å²) in [6, 6.07) is 13.9. The third-order valence-corrected chi connectivity index (χ3v) is 4.28. The zero-order valence-corrected chi connectivity index (χ0v) is 16.7. The van der Waals surface area contributed by atoms with Crippen molar-refractivity contribution in [2.75, 3.05) is 5.32 Å². The predicted molar refractivity (Wildman–Crippen MR) is 110 cm³/mol. The molecule has 164 valence electrons. The topological polar surface area (TPSA) is 84.5 Å². The van der Waals surface area contributed by atoms with E-state index in [9.17, 15) is 27.6 Å². The highest BCUT2D eigenvalue weighted by Gasteiger charge is 2.19. The van der Waals surface area contributed by atoms with Crippen LogP contribution in [0.3, 0.4) is 0 Å². The molecule has 32 heavy (non-hydrogen) atoms. The summed E-state index contributed by atoms with van der Waals surface area (Å²) < 4.78 is 45.2. The summed E-state index contributed by atoms with van der Waals surface area (Å²) in [5, 5.41) is 5.09. The molecule has 0 aliphatic rings. The van der Waals surface area contributed by atoms with Gasteiger partial charge in [-0.1, -0.05) is 18.2 Å². The Morgan fingerprint density at radius 1 is 0.875 bits per heavy atom. The molecule has 6 nitrogen and oxygen atoms in total. The molecule has 0 fully saturated rings. The van der Waals surface area contributed by atoms with Crippen molar-refractivity contribution in [2.24, 2.45) is 0 Å². The lowest BCUT2D eigenvalue weighted by molar-refractivity contribution is -0.131. The molecule has 2 N–H and O–H groups in total. The Hall–Kier alpha value is -4.14. The Labute approximate surface area is 181 Å². The smallest absolute Gasteiger partial charge is 0.308 e. The zero-order chi connectivity index (χ0) is 23.3. The maximum atomic E-state index is 13.8. The number of esters is 1. The minimum Gasteiger partial charge on any atom is -0.427 e. The number of anilines is 1. The summed E-state index contributed by atoms with van der Waals surface area (Å²) in [5.74, 6) is -6.35. The Balaban J connectivity index is 1.65. The van der Waals surface area contributed by atoms with Crippen LogP contribution in [-0.4, -0.2) is 17.8 Å². The molecule has 0 aromatic heterocycles. The average molecular weight is 442 g/mol. The summed E-state index contributed by atoms with van der Waals surface area (Å²) in [5.41, 5.74) is 0.512. The number of ether oxygens (including phenoxy) is 1. The molecular weight excluding hydrogens is 425 g/mol. The molecule has 0 atom stereocenters. The van der Waals surface area contributed by atoms with E-state index in [4.69, 9.17) is 4.74 Å². The average Bonchev–Trinajstić information content (AvgIpc) is 2.76. The summed E-state index contributed by atoms with van der Waals surface area (Å²) in [6.07, 6.45) is 0. The Morgan fingerprint density at radius 3 is 2.38 bits per heavy atom. The number of nitrogens with one attached hydrogen (secondary N) is 2. The van der Waals surface area contributed by atoms with Crippen molar-refractivity contribution in [3.63, 3.8) is 0 Å². The van der Waals surface area contributed by atoms with Crippen molar-refractivity contribution in [3.05, 3.63) is 94.8 Å². The van der Waals surface area contributed by atoms with Crippen LogP contribution in [0.5, 0.6) is 5.75 Å². The van der Waals surface area contributed by atoms with Crippen LogP contribution in [0.2, 0.25) is 0 Å². The summed E-state index contributed by atoms with van der Waals surface area (Å²) >= 11 is 0. The molecule has 0 saturated heterocycles. The molecule has 0 heterocycles. The van der Waals surface area contributed by atoms with Gasteiger partial charge >= 0.3 is 5.97 Å². The van der Waals surface area contributed by atoms with Crippen molar-refractivity contribution in [3.8, 4) is 5.75 Å². The third-order valence-electron chi connectivity index (χ3n) is 4.28. The fourth-order valence-corrected chi connectivity index (χ4v) is 2.81. The SMILES string of the molecule is CC(=O)Oc1cccc(C(=O)NCc2cccc(NC(=O)c3ccc(F)c(F)c3F)c2)c1. The van der Waals surface area contributed by atoms with Gasteiger partial charge in [0.25, 0.3) is 11.8 Å². The number of carbonyl (C=O) groups excluding carboxylic acids is 3. The van der Waals surface area contributed by atoms with Crippen LogP contribution in [0, 0.1) is 17.5 Å². The van der Waals surface area contributed by atoms with Gasteiger partial charge in [0.15, 0.2) is 17.5 Å². The van der Waals surface area contributed by atoms with Crippen LogP contribution in [0.25, 0.3) is 0 Å². The number of rotatable bonds is 6. The minimum atomic E-state index is -1.73. The van der Waals surface area contributed by atoms with Crippen LogP contribution in [-0.2, 0) is 11.3 Å². The highest BCUT2D eigenvalue weighted by Crippen LogP contribution is 2.18. The number of halogens is 3. The van der Waals surface area contributed by atoms with Crippen LogP contribution in [0.4, 0.5) is 18.9 Å². The molecule has 0 bridgehead atoms. The van der Waals surface area contributed by atoms with Gasteiger partial charge in [-0.2, -0.15) is 0 Å². The van der Waals surface area contributed by atoms with E-state index in [1.807, 2.05) is 0 Å². The van der Waals surface area contributed by atoms with Gasteiger partial charge in [0.05, 0.1) is 5.56 Å². The Morgan fingerprint density at radius 2 is 1.62 bits per heavy atom. The molecule has 0 radical (unpaired) electrons. The van der Waals surface area contributed by atoms with Gasteiger partial charge in [-0.25, -0.2) is 13.2 Å². The lowest BCUT2D eigenvalue weighted by Gasteiger charge is -2.10. The fourth-order valence-electron chi connectivity index (χ4n) is 2.81. The van der Waals surface area contributed by atoms with E-state index in [0.717, 1.165) is 6.07 Å². The number of hydrogen-bond donors (Lipinski definition) is 2. The van der Waals surface area contributed by atoms with Gasteiger partial charge in [-0.05, 0) is 48.0 Å². The van der Waals surface area contributed by atoms with Crippen molar-refractivity contribution < 1.29 is 32.3 Å². The standard InChI is InChI=1S/C23H17F3N2O4/c1-13(29)32-17-7-3-5-15(11-17)22(30)27-12-14-4-2-6-16(10-14)28-23(31)18-8-9-19(24)21(26)20(18)25/h2-11H,12H2,1H3,(H,27,30)(H,28,31). The molecule has 0 spiro atoms. The molecule has 3 aromatic carbocycles. The molecular formula is C23H17F3N2O4. The van der Waals surface area contributed by atoms with Crippen molar-refractivity contribution >= 4 is 23.5 Å². The molecule has 0 unspecified atom stereocenters. The van der Waals surface area contributed by atoms with Crippen LogP contribution < -0.4 is 15.4 Å². The van der Waals surface area contributed by atoms with E-state index < -0.39 is 40.8 Å². The van der Waals surface area contributed by atoms with Gasteiger partial charge in [0, 0.05) is 24.7 Å².